The minimum Gasteiger partial charge on any atom is -0.393 e. The number of amides is 1. The third-order valence-corrected chi connectivity index (χ3v) is 6.13. The number of carbonyl (C=O) groups is 1. The number of unbranched alkanes of at least 4 members (excludes halogenated alkanes) is 8. The van der Waals surface area contributed by atoms with Gasteiger partial charge < -0.3 is 10.4 Å². The van der Waals surface area contributed by atoms with E-state index in [0.717, 1.165) is 44.6 Å². The molecule has 174 valence electrons. The molecule has 0 bridgehead atoms. The number of carbonyl (C=O) groups excluding carboxylic acids is 1. The minimum absolute atomic E-state index is 0.159. The van der Waals surface area contributed by atoms with Gasteiger partial charge in [0.25, 0.3) is 0 Å². The van der Waals surface area contributed by atoms with Gasteiger partial charge in [-0.05, 0) is 38.0 Å². The lowest BCUT2D eigenvalue weighted by molar-refractivity contribution is -0.121. The van der Waals surface area contributed by atoms with E-state index < -0.39 is 0 Å². The van der Waals surface area contributed by atoms with Crippen molar-refractivity contribution < 1.29 is 9.90 Å². The van der Waals surface area contributed by atoms with Crippen molar-refractivity contribution in [3.8, 4) is 0 Å². The summed E-state index contributed by atoms with van der Waals surface area (Å²) in [6.45, 7) is 7.59. The van der Waals surface area contributed by atoms with Gasteiger partial charge in [-0.25, -0.2) is 0 Å². The highest BCUT2D eigenvalue weighted by Crippen LogP contribution is 2.21. The van der Waals surface area contributed by atoms with Gasteiger partial charge in [0, 0.05) is 13.0 Å². The van der Waals surface area contributed by atoms with Crippen LogP contribution in [0.25, 0.3) is 0 Å². The standard InChI is InChI=1S/C26H53NO2/c1-4-7-10-11-12-13-14-20-25(28)21-15-22-26(29)27-23-16-19-24(17-8-5-2)18-9-6-3/h24-25,28H,4-23H2,1-3H3,(H,27,29). The van der Waals surface area contributed by atoms with Gasteiger partial charge >= 0.3 is 0 Å². The van der Waals surface area contributed by atoms with Crippen LogP contribution in [0.2, 0.25) is 0 Å². The summed E-state index contributed by atoms with van der Waals surface area (Å²) >= 11 is 0. The Morgan fingerprint density at radius 1 is 0.655 bits per heavy atom. The number of aliphatic hydroxyl groups excluding tert-OH is 1. The summed E-state index contributed by atoms with van der Waals surface area (Å²) in [5, 5.41) is 13.2. The lowest BCUT2D eigenvalue weighted by Gasteiger charge is -2.16. The Bertz CT molecular complexity index is 338. The van der Waals surface area contributed by atoms with E-state index in [1.165, 1.54) is 83.5 Å². The number of aliphatic hydroxyl groups is 1. The van der Waals surface area contributed by atoms with Crippen molar-refractivity contribution in [2.45, 2.75) is 149 Å². The number of nitrogens with one attached hydrogen (secondary N) is 1. The quantitative estimate of drug-likeness (QED) is 0.181. The van der Waals surface area contributed by atoms with E-state index in [1.807, 2.05) is 0 Å². The minimum atomic E-state index is -0.226. The second-order valence-corrected chi connectivity index (χ2v) is 9.10. The van der Waals surface area contributed by atoms with E-state index >= 15 is 0 Å². The van der Waals surface area contributed by atoms with Gasteiger partial charge in [0.2, 0.25) is 5.91 Å². The van der Waals surface area contributed by atoms with Crippen LogP contribution in [0.1, 0.15) is 143 Å². The lowest BCUT2D eigenvalue weighted by atomic mass is 9.91. The van der Waals surface area contributed by atoms with E-state index in [1.54, 1.807) is 0 Å². The molecule has 0 spiro atoms. The zero-order valence-corrected chi connectivity index (χ0v) is 20.2. The highest BCUT2D eigenvalue weighted by molar-refractivity contribution is 5.75. The second kappa shape index (κ2) is 22.1. The van der Waals surface area contributed by atoms with Crippen LogP contribution < -0.4 is 5.32 Å². The molecule has 0 heterocycles. The first-order valence-corrected chi connectivity index (χ1v) is 13.1. The van der Waals surface area contributed by atoms with Gasteiger partial charge in [-0.15, -0.1) is 0 Å². The van der Waals surface area contributed by atoms with Gasteiger partial charge in [0.15, 0.2) is 0 Å². The fraction of sp³-hybridized carbons (Fsp3) is 0.962. The summed E-state index contributed by atoms with van der Waals surface area (Å²) in [5.74, 6) is 1.00. The van der Waals surface area contributed by atoms with Gasteiger partial charge in [-0.2, -0.15) is 0 Å². The van der Waals surface area contributed by atoms with E-state index in [0.29, 0.717) is 6.42 Å². The number of rotatable bonds is 22. The molecule has 0 aromatic heterocycles. The molecular formula is C26H53NO2. The van der Waals surface area contributed by atoms with Crippen molar-refractivity contribution in [2.24, 2.45) is 5.92 Å². The molecule has 3 nitrogen and oxygen atoms in total. The van der Waals surface area contributed by atoms with Crippen LogP contribution in [-0.2, 0) is 4.79 Å². The van der Waals surface area contributed by atoms with Crippen LogP contribution in [0.3, 0.4) is 0 Å². The first-order chi connectivity index (χ1) is 14.1. The first-order valence-electron chi connectivity index (χ1n) is 13.1. The molecular weight excluding hydrogens is 358 g/mol. The fourth-order valence-corrected chi connectivity index (χ4v) is 4.11. The van der Waals surface area contributed by atoms with Gasteiger partial charge in [-0.3, -0.25) is 4.79 Å². The largest absolute Gasteiger partial charge is 0.393 e. The summed E-state index contributed by atoms with van der Waals surface area (Å²) in [7, 11) is 0. The van der Waals surface area contributed by atoms with Crippen LogP contribution in [0.15, 0.2) is 0 Å². The molecule has 1 unspecified atom stereocenters. The average molecular weight is 412 g/mol. The van der Waals surface area contributed by atoms with E-state index in [9.17, 15) is 9.90 Å². The molecule has 0 aromatic carbocycles. The third-order valence-electron chi connectivity index (χ3n) is 6.13. The van der Waals surface area contributed by atoms with Crippen LogP contribution in [0.4, 0.5) is 0 Å². The van der Waals surface area contributed by atoms with Crippen LogP contribution in [0.5, 0.6) is 0 Å². The van der Waals surface area contributed by atoms with Gasteiger partial charge in [0.05, 0.1) is 6.10 Å². The third kappa shape index (κ3) is 20.5. The normalized spacial score (nSPS) is 12.4. The topological polar surface area (TPSA) is 49.3 Å². The van der Waals surface area contributed by atoms with Gasteiger partial charge in [-0.1, -0.05) is 104 Å². The Morgan fingerprint density at radius 2 is 1.17 bits per heavy atom. The molecule has 2 N–H and O–H groups in total. The molecule has 0 aliphatic heterocycles. The molecule has 0 saturated heterocycles. The Hall–Kier alpha value is -0.570. The van der Waals surface area contributed by atoms with Gasteiger partial charge in [0.1, 0.15) is 0 Å². The molecule has 29 heavy (non-hydrogen) atoms. The lowest BCUT2D eigenvalue weighted by Crippen LogP contribution is -2.24. The van der Waals surface area contributed by atoms with Crippen molar-refractivity contribution in [3.05, 3.63) is 0 Å². The molecule has 0 fully saturated rings. The Labute approximate surface area is 182 Å². The summed E-state index contributed by atoms with van der Waals surface area (Å²) < 4.78 is 0. The maximum atomic E-state index is 12.0. The van der Waals surface area contributed by atoms with Crippen LogP contribution in [0, 0.1) is 5.92 Å². The molecule has 1 atom stereocenters. The fourth-order valence-electron chi connectivity index (χ4n) is 4.11. The Balaban J connectivity index is 3.60. The predicted molar refractivity (Wildman–Crippen MR) is 127 cm³/mol. The maximum Gasteiger partial charge on any atom is 0.219 e. The van der Waals surface area contributed by atoms with E-state index in [4.69, 9.17) is 0 Å². The molecule has 0 aliphatic carbocycles. The molecule has 0 saturated carbocycles. The Morgan fingerprint density at radius 3 is 1.79 bits per heavy atom. The second-order valence-electron chi connectivity index (χ2n) is 9.10. The van der Waals surface area contributed by atoms with Crippen molar-refractivity contribution in [2.75, 3.05) is 6.54 Å². The van der Waals surface area contributed by atoms with Crippen molar-refractivity contribution in [3.63, 3.8) is 0 Å². The number of hydrogen-bond acceptors (Lipinski definition) is 2. The Kier molecular flexibility index (Phi) is 21.7. The highest BCUT2D eigenvalue weighted by atomic mass is 16.3. The van der Waals surface area contributed by atoms with Crippen LogP contribution in [-0.4, -0.2) is 23.7 Å². The molecule has 0 rings (SSSR count). The van der Waals surface area contributed by atoms with Crippen molar-refractivity contribution in [1.29, 1.82) is 0 Å². The zero-order valence-electron chi connectivity index (χ0n) is 20.2. The monoisotopic (exact) mass is 411 g/mol. The zero-order chi connectivity index (χ0) is 21.6. The van der Waals surface area contributed by atoms with E-state index in [-0.39, 0.29) is 12.0 Å². The first kappa shape index (κ1) is 28.4. The molecule has 3 heteroatoms. The summed E-state index contributed by atoms with van der Waals surface area (Å²) in [4.78, 5) is 12.0. The summed E-state index contributed by atoms with van der Waals surface area (Å²) in [6.07, 6.45) is 22.1. The molecule has 0 aliphatic rings. The summed E-state index contributed by atoms with van der Waals surface area (Å²) in [5.41, 5.74) is 0. The molecule has 0 aromatic rings. The summed E-state index contributed by atoms with van der Waals surface area (Å²) in [6, 6.07) is 0. The van der Waals surface area contributed by atoms with Crippen molar-refractivity contribution >= 4 is 5.91 Å². The smallest absolute Gasteiger partial charge is 0.219 e. The van der Waals surface area contributed by atoms with Crippen LogP contribution >= 0.6 is 0 Å². The van der Waals surface area contributed by atoms with Crippen molar-refractivity contribution in [1.82, 2.24) is 5.32 Å². The highest BCUT2D eigenvalue weighted by Gasteiger charge is 2.09. The molecule has 0 radical (unpaired) electrons. The van der Waals surface area contributed by atoms with E-state index in [2.05, 4.69) is 26.1 Å². The maximum absolute atomic E-state index is 12.0. The number of hydrogen-bond donors (Lipinski definition) is 2. The molecule has 1 amide bonds. The SMILES string of the molecule is CCCCCCCCCC(O)CCCC(=O)NCCCC(CCCC)CCCC. The predicted octanol–water partition coefficient (Wildman–Crippen LogP) is 7.55. The average Bonchev–Trinajstić information content (AvgIpc) is 2.71.